The summed E-state index contributed by atoms with van der Waals surface area (Å²) >= 11 is 8.08. The van der Waals surface area contributed by atoms with E-state index in [-0.39, 0.29) is 17.1 Å². The molecule has 3 aliphatic heterocycles. The summed E-state index contributed by atoms with van der Waals surface area (Å²) in [7, 11) is 2.17. The SMILES string of the molecule is CC1=C(C)C2C(c3ccc(Cl)cc3)=N[C@@](C)(CC(=O)CCCN3CCN(C)CC3)c3nnc(C)n3C2S1. The number of benzene rings is 1. The molecule has 0 bridgehead atoms. The zero-order valence-electron chi connectivity index (χ0n) is 22.5. The van der Waals surface area contributed by atoms with Gasteiger partial charge in [-0.3, -0.25) is 14.4 Å². The molecule has 1 aromatic heterocycles. The van der Waals surface area contributed by atoms with Gasteiger partial charge in [-0.1, -0.05) is 29.3 Å². The first-order chi connectivity index (χ1) is 17.7. The number of aliphatic imine (C=N–C) groups is 1. The first-order valence-corrected chi connectivity index (χ1v) is 14.5. The van der Waals surface area contributed by atoms with Gasteiger partial charge in [0.25, 0.3) is 0 Å². The van der Waals surface area contributed by atoms with Crippen molar-refractivity contribution in [2.45, 2.75) is 57.9 Å². The maximum atomic E-state index is 13.4. The van der Waals surface area contributed by atoms with Crippen LogP contribution in [-0.2, 0) is 10.3 Å². The number of aromatic nitrogens is 3. The number of carbonyl (C=O) groups excluding carboxylic acids is 1. The van der Waals surface area contributed by atoms with Crippen LogP contribution < -0.4 is 0 Å². The van der Waals surface area contributed by atoms with Gasteiger partial charge in [0, 0.05) is 44.0 Å². The minimum absolute atomic E-state index is 0.0774. The third-order valence-corrected chi connectivity index (χ3v) is 9.73. The number of hydrogen-bond acceptors (Lipinski definition) is 7. The molecule has 0 N–H and O–H groups in total. The highest BCUT2D eigenvalue weighted by Gasteiger charge is 2.46. The second kappa shape index (κ2) is 10.6. The van der Waals surface area contributed by atoms with Crippen LogP contribution in [0.1, 0.15) is 62.6 Å². The van der Waals surface area contributed by atoms with Crippen LogP contribution in [0.5, 0.6) is 0 Å². The summed E-state index contributed by atoms with van der Waals surface area (Å²) in [6, 6.07) is 7.92. The average Bonchev–Trinajstić information content (AvgIpc) is 3.35. The molecule has 0 saturated carbocycles. The van der Waals surface area contributed by atoms with Crippen molar-refractivity contribution >= 4 is 34.9 Å². The van der Waals surface area contributed by atoms with E-state index in [1.165, 1.54) is 10.5 Å². The van der Waals surface area contributed by atoms with Gasteiger partial charge in [-0.15, -0.1) is 22.0 Å². The minimum Gasteiger partial charge on any atom is -0.304 e. The number of aryl methyl sites for hydroxylation is 1. The van der Waals surface area contributed by atoms with Crippen molar-refractivity contribution in [3.8, 4) is 0 Å². The molecule has 3 atom stereocenters. The summed E-state index contributed by atoms with van der Waals surface area (Å²) in [5.41, 5.74) is 2.56. The Hall–Kier alpha value is -2.00. The van der Waals surface area contributed by atoms with E-state index in [0.29, 0.717) is 17.9 Å². The molecule has 2 unspecified atom stereocenters. The van der Waals surface area contributed by atoms with Crippen LogP contribution in [0.4, 0.5) is 0 Å². The fourth-order valence-corrected chi connectivity index (χ4v) is 7.40. The molecule has 0 aliphatic carbocycles. The third-order valence-electron chi connectivity index (χ3n) is 8.08. The summed E-state index contributed by atoms with van der Waals surface area (Å²) in [6.07, 6.45) is 1.75. The van der Waals surface area contributed by atoms with Crippen LogP contribution in [0, 0.1) is 12.8 Å². The molecule has 3 aliphatic rings. The molecule has 4 heterocycles. The van der Waals surface area contributed by atoms with Gasteiger partial charge in [-0.25, -0.2) is 0 Å². The molecule has 9 heteroatoms. The van der Waals surface area contributed by atoms with E-state index >= 15 is 0 Å². The Labute approximate surface area is 229 Å². The van der Waals surface area contributed by atoms with E-state index in [9.17, 15) is 4.79 Å². The van der Waals surface area contributed by atoms with Crippen molar-refractivity contribution in [1.29, 1.82) is 0 Å². The lowest BCUT2D eigenvalue weighted by Gasteiger charge is -2.32. The van der Waals surface area contributed by atoms with Gasteiger partial charge >= 0.3 is 0 Å². The monoisotopic (exact) mass is 540 g/mol. The van der Waals surface area contributed by atoms with Crippen LogP contribution >= 0.6 is 23.4 Å². The minimum atomic E-state index is -0.791. The smallest absolute Gasteiger partial charge is 0.162 e. The molecule has 2 aromatic rings. The van der Waals surface area contributed by atoms with Crippen LogP contribution in [-0.4, -0.2) is 75.8 Å². The highest BCUT2D eigenvalue weighted by molar-refractivity contribution is 8.03. The number of rotatable bonds is 7. The van der Waals surface area contributed by atoms with Crippen molar-refractivity contribution in [3.63, 3.8) is 0 Å². The number of allylic oxidation sites excluding steroid dienone is 2. The topological polar surface area (TPSA) is 66.6 Å². The number of likely N-dealkylation sites (N-methyl/N-ethyl adjacent to an activating group) is 1. The number of piperazine rings is 1. The zero-order valence-corrected chi connectivity index (χ0v) is 24.1. The summed E-state index contributed by atoms with van der Waals surface area (Å²) in [6.45, 7) is 13.7. The van der Waals surface area contributed by atoms with Gasteiger partial charge in [0.05, 0.1) is 17.0 Å². The third kappa shape index (κ3) is 5.31. The normalized spacial score (nSPS) is 26.6. The van der Waals surface area contributed by atoms with Crippen LogP contribution in [0.15, 0.2) is 39.7 Å². The lowest BCUT2D eigenvalue weighted by molar-refractivity contribution is -0.120. The number of hydrogen-bond donors (Lipinski definition) is 0. The van der Waals surface area contributed by atoms with E-state index < -0.39 is 5.54 Å². The largest absolute Gasteiger partial charge is 0.304 e. The van der Waals surface area contributed by atoms with Crippen molar-refractivity contribution in [1.82, 2.24) is 24.6 Å². The fourth-order valence-electron chi connectivity index (χ4n) is 5.77. The van der Waals surface area contributed by atoms with Crippen molar-refractivity contribution in [3.05, 3.63) is 57.0 Å². The maximum Gasteiger partial charge on any atom is 0.162 e. The van der Waals surface area contributed by atoms with Gasteiger partial charge in [-0.05, 0) is 70.3 Å². The maximum absolute atomic E-state index is 13.4. The standard InChI is InChI=1S/C28H37ClN6OS/c1-18-19(2)37-26-24(18)25(21-8-10-22(29)11-9-21)30-28(4,27-32-31-20(3)35(26)27)17-23(36)7-6-12-34-15-13-33(5)14-16-34/h8-11,24,26H,6-7,12-17H2,1-5H3/t24?,26?,28-/m0/s1. The molecule has 198 valence electrons. The predicted octanol–water partition coefficient (Wildman–Crippen LogP) is 5.10. The Morgan fingerprint density at radius 2 is 1.81 bits per heavy atom. The summed E-state index contributed by atoms with van der Waals surface area (Å²) < 4.78 is 2.24. The van der Waals surface area contributed by atoms with E-state index in [1.807, 2.05) is 43.0 Å². The molecule has 5 rings (SSSR count). The number of ketones is 1. The van der Waals surface area contributed by atoms with Gasteiger partial charge in [0.2, 0.25) is 0 Å². The Kier molecular flexibility index (Phi) is 7.65. The van der Waals surface area contributed by atoms with Crippen LogP contribution in [0.3, 0.4) is 0 Å². The highest BCUT2D eigenvalue weighted by atomic mass is 35.5. The van der Waals surface area contributed by atoms with Gasteiger partial charge in [-0.2, -0.15) is 0 Å². The fraction of sp³-hybridized carbons (Fsp3) is 0.571. The number of Topliss-reactive ketones (excluding diaryl/α,β-unsaturated/α-hetero) is 1. The number of fused-ring (bicyclic) bond motifs is 3. The second-order valence-electron chi connectivity index (χ2n) is 10.9. The van der Waals surface area contributed by atoms with E-state index in [2.05, 4.69) is 52.4 Å². The molecule has 1 saturated heterocycles. The van der Waals surface area contributed by atoms with E-state index in [1.54, 1.807) is 0 Å². The van der Waals surface area contributed by atoms with E-state index in [0.717, 1.165) is 62.1 Å². The highest BCUT2D eigenvalue weighted by Crippen LogP contribution is 2.53. The van der Waals surface area contributed by atoms with Gasteiger partial charge in [0.15, 0.2) is 5.82 Å². The molecular formula is C28H37ClN6OS. The van der Waals surface area contributed by atoms with E-state index in [4.69, 9.17) is 16.6 Å². The Morgan fingerprint density at radius 1 is 1.11 bits per heavy atom. The Bertz CT molecular complexity index is 1230. The number of halogens is 1. The molecule has 0 spiro atoms. The predicted molar refractivity (Wildman–Crippen MR) is 151 cm³/mol. The summed E-state index contributed by atoms with van der Waals surface area (Å²) in [5.74, 6) is 1.95. The Morgan fingerprint density at radius 3 is 2.51 bits per heavy atom. The van der Waals surface area contributed by atoms with Crippen molar-refractivity contribution in [2.24, 2.45) is 10.9 Å². The first kappa shape index (κ1) is 26.6. The molecule has 37 heavy (non-hydrogen) atoms. The van der Waals surface area contributed by atoms with Crippen molar-refractivity contribution in [2.75, 3.05) is 39.8 Å². The molecule has 0 amide bonds. The second-order valence-corrected chi connectivity index (χ2v) is 12.7. The quantitative estimate of drug-likeness (QED) is 0.487. The first-order valence-electron chi connectivity index (χ1n) is 13.2. The number of carbonyl (C=O) groups is 1. The lowest BCUT2D eigenvalue weighted by Crippen LogP contribution is -2.44. The number of thioether (sulfide) groups is 1. The molecule has 1 fully saturated rings. The summed E-state index contributed by atoms with van der Waals surface area (Å²) in [5, 5.41) is 9.86. The lowest BCUT2D eigenvalue weighted by atomic mass is 9.88. The number of nitrogens with zero attached hydrogens (tertiary/aromatic N) is 6. The average molecular weight is 541 g/mol. The van der Waals surface area contributed by atoms with Crippen LogP contribution in [0.25, 0.3) is 0 Å². The molecular weight excluding hydrogens is 504 g/mol. The van der Waals surface area contributed by atoms with Crippen LogP contribution in [0.2, 0.25) is 5.02 Å². The van der Waals surface area contributed by atoms with Crippen molar-refractivity contribution < 1.29 is 4.79 Å². The molecule has 0 radical (unpaired) electrons. The Balaban J connectivity index is 1.45. The molecule has 7 nitrogen and oxygen atoms in total. The van der Waals surface area contributed by atoms with Gasteiger partial charge in [0.1, 0.15) is 17.1 Å². The zero-order chi connectivity index (χ0) is 26.3. The molecule has 1 aromatic carbocycles. The summed E-state index contributed by atoms with van der Waals surface area (Å²) in [4.78, 5) is 24.9. The van der Waals surface area contributed by atoms with Gasteiger partial charge < -0.3 is 9.80 Å².